The average Bonchev–Trinajstić information content (AvgIpc) is 2.40. The molecule has 1 amide bonds. The van der Waals surface area contributed by atoms with Crippen LogP contribution in [0.1, 0.15) is 32.3 Å². The van der Waals surface area contributed by atoms with Gasteiger partial charge in [0.1, 0.15) is 0 Å². The molecule has 0 spiro atoms. The molecule has 19 heavy (non-hydrogen) atoms. The molecule has 2 N–H and O–H groups in total. The van der Waals surface area contributed by atoms with Gasteiger partial charge in [0, 0.05) is 17.6 Å². The quantitative estimate of drug-likeness (QED) is 0.893. The largest absolute Gasteiger partial charge is 0.351 e. The molecule has 0 radical (unpaired) electrons. The van der Waals surface area contributed by atoms with Crippen molar-refractivity contribution in [1.82, 2.24) is 10.6 Å². The number of halogens is 1. The zero-order valence-corrected chi connectivity index (χ0v) is 12.3. The molecule has 0 unspecified atom stereocenters. The third-order valence-corrected chi connectivity index (χ3v) is 4.08. The Morgan fingerprint density at radius 2 is 2.16 bits per heavy atom. The Morgan fingerprint density at radius 3 is 2.79 bits per heavy atom. The molecular weight excluding hydrogens is 260 g/mol. The molecule has 1 fully saturated rings. The Labute approximate surface area is 119 Å². The number of carbonyl (C=O) groups is 1. The minimum atomic E-state index is -0.615. The molecule has 1 heterocycles. The molecule has 0 bridgehead atoms. The number of amides is 1. The molecule has 0 saturated carbocycles. The number of hydrogen-bond acceptors (Lipinski definition) is 2. The summed E-state index contributed by atoms with van der Waals surface area (Å²) in [5.41, 5.74) is 0.258. The summed E-state index contributed by atoms with van der Waals surface area (Å²) in [6.45, 7) is 5.73. The number of piperidine rings is 1. The molecule has 4 heteroatoms. The predicted molar refractivity (Wildman–Crippen MR) is 78.5 cm³/mol. The smallest absolute Gasteiger partial charge is 0.230 e. The molecule has 3 nitrogen and oxygen atoms in total. The Morgan fingerprint density at radius 1 is 1.42 bits per heavy atom. The second-order valence-corrected chi connectivity index (χ2v) is 6.03. The van der Waals surface area contributed by atoms with Crippen LogP contribution < -0.4 is 10.6 Å². The first-order valence-corrected chi connectivity index (χ1v) is 7.16. The van der Waals surface area contributed by atoms with E-state index in [0.29, 0.717) is 5.02 Å². The van der Waals surface area contributed by atoms with E-state index in [-0.39, 0.29) is 11.9 Å². The van der Waals surface area contributed by atoms with Crippen molar-refractivity contribution in [2.45, 2.75) is 38.1 Å². The van der Waals surface area contributed by atoms with E-state index in [9.17, 15) is 4.79 Å². The number of hydrogen-bond donors (Lipinski definition) is 2. The van der Waals surface area contributed by atoms with Crippen LogP contribution in [0, 0.1) is 0 Å². The van der Waals surface area contributed by atoms with Crippen LogP contribution in [-0.2, 0) is 10.2 Å². The van der Waals surface area contributed by atoms with Gasteiger partial charge >= 0.3 is 0 Å². The maximum atomic E-state index is 12.5. The summed E-state index contributed by atoms with van der Waals surface area (Å²) < 4.78 is 0. The standard InChI is InChI=1S/C15H21ClN2O/c1-15(2,12-7-3-4-8-13(12)16)14(19)18-11-6-5-9-17-10-11/h3-4,7-8,11,17H,5-6,9-10H2,1-2H3,(H,18,19)/t11-/m0/s1. The minimum absolute atomic E-state index is 0.0364. The lowest BCUT2D eigenvalue weighted by atomic mass is 9.83. The summed E-state index contributed by atoms with van der Waals surface area (Å²) >= 11 is 6.20. The fourth-order valence-electron chi connectivity index (χ4n) is 2.43. The van der Waals surface area contributed by atoms with Gasteiger partial charge < -0.3 is 10.6 Å². The van der Waals surface area contributed by atoms with Gasteiger partial charge in [-0.2, -0.15) is 0 Å². The zero-order valence-electron chi connectivity index (χ0n) is 11.5. The Bertz CT molecular complexity index is 453. The summed E-state index contributed by atoms with van der Waals surface area (Å²) in [5.74, 6) is 0.0364. The van der Waals surface area contributed by atoms with E-state index in [1.165, 1.54) is 0 Å². The van der Waals surface area contributed by atoms with Crippen LogP contribution in [0.5, 0.6) is 0 Å². The van der Waals surface area contributed by atoms with Crippen molar-refractivity contribution < 1.29 is 4.79 Å². The highest BCUT2D eigenvalue weighted by molar-refractivity contribution is 6.31. The van der Waals surface area contributed by atoms with Gasteiger partial charge in [-0.15, -0.1) is 0 Å². The molecule has 0 aromatic heterocycles. The van der Waals surface area contributed by atoms with E-state index in [1.807, 2.05) is 38.1 Å². The summed E-state index contributed by atoms with van der Waals surface area (Å²) in [6.07, 6.45) is 2.15. The van der Waals surface area contributed by atoms with Crippen molar-refractivity contribution in [3.63, 3.8) is 0 Å². The van der Waals surface area contributed by atoms with Crippen LogP contribution in [0.15, 0.2) is 24.3 Å². The van der Waals surface area contributed by atoms with E-state index >= 15 is 0 Å². The van der Waals surface area contributed by atoms with Crippen LogP contribution in [0.25, 0.3) is 0 Å². The first-order chi connectivity index (χ1) is 9.01. The average molecular weight is 281 g/mol. The first kappa shape index (κ1) is 14.4. The second kappa shape index (κ2) is 5.93. The third-order valence-electron chi connectivity index (χ3n) is 3.75. The van der Waals surface area contributed by atoms with Crippen molar-refractivity contribution in [2.75, 3.05) is 13.1 Å². The van der Waals surface area contributed by atoms with E-state index in [0.717, 1.165) is 31.5 Å². The number of rotatable bonds is 3. The van der Waals surface area contributed by atoms with Crippen molar-refractivity contribution in [3.8, 4) is 0 Å². The highest BCUT2D eigenvalue weighted by Crippen LogP contribution is 2.30. The minimum Gasteiger partial charge on any atom is -0.351 e. The molecule has 1 aliphatic heterocycles. The molecular formula is C15H21ClN2O. The topological polar surface area (TPSA) is 41.1 Å². The summed E-state index contributed by atoms with van der Waals surface area (Å²) in [7, 11) is 0. The van der Waals surface area contributed by atoms with Crippen LogP contribution in [-0.4, -0.2) is 25.0 Å². The van der Waals surface area contributed by atoms with E-state index in [2.05, 4.69) is 10.6 Å². The molecule has 2 rings (SSSR count). The van der Waals surface area contributed by atoms with Crippen molar-refractivity contribution in [1.29, 1.82) is 0 Å². The maximum absolute atomic E-state index is 12.5. The highest BCUT2D eigenvalue weighted by atomic mass is 35.5. The highest BCUT2D eigenvalue weighted by Gasteiger charge is 2.33. The van der Waals surface area contributed by atoms with Gasteiger partial charge in [0.15, 0.2) is 0 Å². The SMILES string of the molecule is CC(C)(C(=O)N[C@H]1CCCNC1)c1ccccc1Cl. The van der Waals surface area contributed by atoms with Crippen molar-refractivity contribution >= 4 is 17.5 Å². The molecule has 104 valence electrons. The summed E-state index contributed by atoms with van der Waals surface area (Å²) in [6, 6.07) is 7.77. The second-order valence-electron chi connectivity index (χ2n) is 5.62. The Balaban J connectivity index is 2.10. The van der Waals surface area contributed by atoms with Crippen LogP contribution in [0.4, 0.5) is 0 Å². The van der Waals surface area contributed by atoms with E-state index in [1.54, 1.807) is 0 Å². The summed E-state index contributed by atoms with van der Waals surface area (Å²) in [4.78, 5) is 12.5. The molecule has 1 aliphatic rings. The van der Waals surface area contributed by atoms with E-state index in [4.69, 9.17) is 11.6 Å². The van der Waals surface area contributed by atoms with Crippen molar-refractivity contribution in [3.05, 3.63) is 34.9 Å². The van der Waals surface area contributed by atoms with Gasteiger partial charge in [-0.3, -0.25) is 4.79 Å². The molecule has 0 aliphatic carbocycles. The summed E-state index contributed by atoms with van der Waals surface area (Å²) in [5, 5.41) is 7.07. The molecule has 1 saturated heterocycles. The first-order valence-electron chi connectivity index (χ1n) is 6.78. The van der Waals surface area contributed by atoms with Gasteiger partial charge in [0.2, 0.25) is 5.91 Å². The Hall–Kier alpha value is -1.06. The fraction of sp³-hybridized carbons (Fsp3) is 0.533. The zero-order chi connectivity index (χ0) is 13.9. The van der Waals surface area contributed by atoms with Gasteiger partial charge in [-0.05, 0) is 44.9 Å². The normalized spacial score (nSPS) is 20.1. The molecule has 1 aromatic carbocycles. The van der Waals surface area contributed by atoms with Crippen LogP contribution in [0.3, 0.4) is 0 Å². The number of carbonyl (C=O) groups excluding carboxylic acids is 1. The van der Waals surface area contributed by atoms with Gasteiger partial charge in [-0.25, -0.2) is 0 Å². The number of nitrogens with one attached hydrogen (secondary N) is 2. The van der Waals surface area contributed by atoms with Crippen LogP contribution in [0.2, 0.25) is 5.02 Å². The molecule has 1 atom stereocenters. The lowest BCUT2D eigenvalue weighted by Gasteiger charge is -2.30. The fourth-order valence-corrected chi connectivity index (χ4v) is 2.80. The molecule has 1 aromatic rings. The third kappa shape index (κ3) is 3.28. The van der Waals surface area contributed by atoms with E-state index < -0.39 is 5.41 Å². The number of benzene rings is 1. The van der Waals surface area contributed by atoms with Gasteiger partial charge in [-0.1, -0.05) is 29.8 Å². The maximum Gasteiger partial charge on any atom is 0.230 e. The van der Waals surface area contributed by atoms with Gasteiger partial charge in [0.05, 0.1) is 5.41 Å². The van der Waals surface area contributed by atoms with Gasteiger partial charge in [0.25, 0.3) is 0 Å². The monoisotopic (exact) mass is 280 g/mol. The van der Waals surface area contributed by atoms with Crippen molar-refractivity contribution in [2.24, 2.45) is 0 Å². The Kier molecular flexibility index (Phi) is 4.48. The van der Waals surface area contributed by atoms with Crippen LogP contribution >= 0.6 is 11.6 Å². The lowest BCUT2D eigenvalue weighted by Crippen LogP contribution is -2.50. The lowest BCUT2D eigenvalue weighted by molar-refractivity contribution is -0.126. The predicted octanol–water partition coefficient (Wildman–Crippen LogP) is 2.49.